The molecule has 3 aromatic rings. The molecule has 0 amide bonds. The highest BCUT2D eigenvalue weighted by Crippen LogP contribution is 2.49. The van der Waals surface area contributed by atoms with Crippen LogP contribution >= 0.6 is 11.6 Å². The number of rotatable bonds is 7. The minimum Gasteiger partial charge on any atom is -0.383 e. The van der Waals surface area contributed by atoms with Gasteiger partial charge in [-0.25, -0.2) is 9.97 Å². The van der Waals surface area contributed by atoms with Gasteiger partial charge in [0.15, 0.2) is 0 Å². The monoisotopic (exact) mass is 489 g/mol. The normalized spacial score (nSPS) is 17.2. The van der Waals surface area contributed by atoms with Crippen LogP contribution in [0.1, 0.15) is 11.3 Å². The summed E-state index contributed by atoms with van der Waals surface area (Å²) in [5.74, 6) is 0.309. The van der Waals surface area contributed by atoms with Crippen LogP contribution < -0.4 is 16.0 Å². The molecule has 1 aliphatic rings. The van der Waals surface area contributed by atoms with Crippen molar-refractivity contribution in [3.8, 4) is 6.07 Å². The molecule has 8 nitrogen and oxygen atoms in total. The van der Waals surface area contributed by atoms with Gasteiger partial charge in [-0.15, -0.1) is 0 Å². The maximum absolute atomic E-state index is 14.8. The van der Waals surface area contributed by atoms with Crippen molar-refractivity contribution >= 4 is 40.1 Å². The van der Waals surface area contributed by atoms with Gasteiger partial charge in [-0.3, -0.25) is 4.57 Å². The van der Waals surface area contributed by atoms with Crippen molar-refractivity contribution in [3.63, 3.8) is 0 Å². The molecule has 1 aromatic carbocycles. The first-order valence-corrected chi connectivity index (χ1v) is 10.3. The Hall–Kier alpha value is -3.75. The lowest BCUT2D eigenvalue weighted by molar-refractivity contribution is -0.203. The maximum atomic E-state index is 14.8. The van der Waals surface area contributed by atoms with Gasteiger partial charge in [0, 0.05) is 13.7 Å². The van der Waals surface area contributed by atoms with Crippen molar-refractivity contribution in [2.75, 3.05) is 30.9 Å². The summed E-state index contributed by atoms with van der Waals surface area (Å²) in [5.41, 5.74) is -3.11. The minimum absolute atomic E-state index is 0.0279. The number of nitrogens with one attached hydrogen (secondary N) is 3. The van der Waals surface area contributed by atoms with E-state index >= 15 is 0 Å². The molecular formula is C22H19ClF3N7O. The number of nitrogens with zero attached hydrogens (tertiary/aromatic N) is 4. The third kappa shape index (κ3) is 3.61. The number of imidazole rings is 1. The second-order valence-corrected chi connectivity index (χ2v) is 7.82. The number of fused-ring (bicyclic) bond motifs is 3. The molecule has 12 heteroatoms. The lowest BCUT2D eigenvalue weighted by Gasteiger charge is -2.36. The molecule has 0 fully saturated rings. The molecule has 176 valence electrons. The SMILES string of the molecule is C=C(NC1(C(F)(F)F)C(=C)Nc2nc3c(C#N)c(Cl)ccc3n21)c1cccc(NCCOC)n1. The zero-order valence-electron chi connectivity index (χ0n) is 17.9. The van der Waals surface area contributed by atoms with Gasteiger partial charge in [0.2, 0.25) is 5.95 Å². The van der Waals surface area contributed by atoms with Gasteiger partial charge < -0.3 is 20.7 Å². The second kappa shape index (κ2) is 8.55. The Labute approximate surface area is 197 Å². The van der Waals surface area contributed by atoms with Crippen LogP contribution in [-0.4, -0.2) is 41.0 Å². The summed E-state index contributed by atoms with van der Waals surface area (Å²) in [4.78, 5) is 8.54. The third-order valence-corrected chi connectivity index (χ3v) is 5.65. The van der Waals surface area contributed by atoms with E-state index in [1.54, 1.807) is 19.2 Å². The van der Waals surface area contributed by atoms with Gasteiger partial charge in [0.05, 0.1) is 39.8 Å². The summed E-state index contributed by atoms with van der Waals surface area (Å²) in [5, 5.41) is 17.6. The van der Waals surface area contributed by atoms with E-state index in [1.165, 1.54) is 18.2 Å². The molecule has 0 aliphatic carbocycles. The number of ether oxygens (including phenoxy) is 1. The smallest absolute Gasteiger partial charge is 0.383 e. The van der Waals surface area contributed by atoms with Crippen molar-refractivity contribution in [1.29, 1.82) is 5.26 Å². The molecule has 0 saturated carbocycles. The van der Waals surface area contributed by atoms with Crippen LogP contribution in [-0.2, 0) is 10.4 Å². The van der Waals surface area contributed by atoms with E-state index in [9.17, 15) is 18.4 Å². The number of hydrogen-bond acceptors (Lipinski definition) is 7. The number of nitriles is 1. The molecule has 1 unspecified atom stereocenters. The molecule has 3 heterocycles. The highest BCUT2D eigenvalue weighted by Gasteiger charge is 2.63. The molecule has 0 radical (unpaired) electrons. The van der Waals surface area contributed by atoms with Gasteiger partial charge in [0.25, 0.3) is 5.66 Å². The maximum Gasteiger partial charge on any atom is 0.436 e. The largest absolute Gasteiger partial charge is 0.436 e. The van der Waals surface area contributed by atoms with Gasteiger partial charge in [-0.05, 0) is 24.3 Å². The fourth-order valence-corrected chi connectivity index (χ4v) is 3.97. The van der Waals surface area contributed by atoms with Crippen molar-refractivity contribution in [2.24, 2.45) is 0 Å². The fourth-order valence-electron chi connectivity index (χ4n) is 3.77. The second-order valence-electron chi connectivity index (χ2n) is 7.42. The Kier molecular flexibility index (Phi) is 5.89. The summed E-state index contributed by atoms with van der Waals surface area (Å²) in [7, 11) is 1.55. The van der Waals surface area contributed by atoms with E-state index in [2.05, 4.69) is 39.1 Å². The van der Waals surface area contributed by atoms with Crippen LogP contribution in [0.5, 0.6) is 0 Å². The Balaban J connectivity index is 1.81. The highest BCUT2D eigenvalue weighted by atomic mass is 35.5. The molecule has 0 bridgehead atoms. The van der Waals surface area contributed by atoms with E-state index in [4.69, 9.17) is 16.3 Å². The van der Waals surface area contributed by atoms with Crippen LogP contribution in [0.4, 0.5) is 24.9 Å². The predicted molar refractivity (Wildman–Crippen MR) is 123 cm³/mol. The summed E-state index contributed by atoms with van der Waals surface area (Å²) < 4.78 is 50.2. The molecule has 0 spiro atoms. The van der Waals surface area contributed by atoms with Crippen LogP contribution in [0.2, 0.25) is 5.02 Å². The number of anilines is 2. The zero-order chi connectivity index (χ0) is 24.7. The van der Waals surface area contributed by atoms with E-state index < -0.39 is 17.5 Å². The van der Waals surface area contributed by atoms with Crippen molar-refractivity contribution in [1.82, 2.24) is 19.9 Å². The highest BCUT2D eigenvalue weighted by molar-refractivity contribution is 6.32. The first-order chi connectivity index (χ1) is 16.1. The van der Waals surface area contributed by atoms with E-state index in [0.29, 0.717) is 19.0 Å². The lowest BCUT2D eigenvalue weighted by Crippen LogP contribution is -2.56. The number of aromatic nitrogens is 3. The van der Waals surface area contributed by atoms with Gasteiger partial charge in [-0.1, -0.05) is 30.8 Å². The van der Waals surface area contributed by atoms with E-state index in [1.807, 2.05) is 6.07 Å². The Morgan fingerprint density at radius 1 is 1.32 bits per heavy atom. The fraction of sp³-hybridized carbons (Fsp3) is 0.227. The summed E-state index contributed by atoms with van der Waals surface area (Å²) in [6, 6.07) is 9.48. The van der Waals surface area contributed by atoms with Crippen LogP contribution in [0.3, 0.4) is 0 Å². The Morgan fingerprint density at radius 3 is 2.76 bits per heavy atom. The molecule has 4 rings (SSSR count). The van der Waals surface area contributed by atoms with Crippen molar-refractivity contribution in [3.05, 3.63) is 65.5 Å². The standard InChI is InChI=1S/C22H19ClF3N7O/c1-12(16-5-4-6-18(30-16)28-9-10-34-3)32-21(22(24,25)26)13(2)29-20-31-19-14(11-27)15(23)7-8-17(19)33(20)21/h4-8,32H,1-2,9-10H2,3H3,(H,28,30)(H,29,31). The number of hydrogen-bond donors (Lipinski definition) is 3. The topological polar surface area (TPSA) is 99.8 Å². The molecule has 3 N–H and O–H groups in total. The van der Waals surface area contributed by atoms with Gasteiger partial charge in [-0.2, -0.15) is 18.4 Å². The Bertz CT molecular complexity index is 1340. The number of pyridine rings is 1. The van der Waals surface area contributed by atoms with Crippen LogP contribution in [0.25, 0.3) is 16.7 Å². The first kappa shape index (κ1) is 23.4. The summed E-state index contributed by atoms with van der Waals surface area (Å²) >= 11 is 6.06. The van der Waals surface area contributed by atoms with E-state index in [0.717, 1.165) is 4.57 Å². The molecule has 34 heavy (non-hydrogen) atoms. The molecule has 0 saturated heterocycles. The van der Waals surface area contributed by atoms with E-state index in [-0.39, 0.29) is 39.0 Å². The zero-order valence-corrected chi connectivity index (χ0v) is 18.7. The third-order valence-electron chi connectivity index (χ3n) is 5.34. The van der Waals surface area contributed by atoms with Crippen LogP contribution in [0, 0.1) is 11.3 Å². The van der Waals surface area contributed by atoms with Crippen molar-refractivity contribution in [2.45, 2.75) is 11.8 Å². The number of halogens is 4. The molecular weight excluding hydrogens is 471 g/mol. The minimum atomic E-state index is -4.89. The van der Waals surface area contributed by atoms with Gasteiger partial charge in [0.1, 0.15) is 17.4 Å². The van der Waals surface area contributed by atoms with Crippen LogP contribution in [0.15, 0.2) is 49.2 Å². The lowest BCUT2D eigenvalue weighted by atomic mass is 10.0. The predicted octanol–water partition coefficient (Wildman–Crippen LogP) is 4.43. The average Bonchev–Trinajstić information content (AvgIpc) is 3.27. The summed E-state index contributed by atoms with van der Waals surface area (Å²) in [6.07, 6.45) is -4.89. The summed E-state index contributed by atoms with van der Waals surface area (Å²) in [6.45, 7) is 8.31. The first-order valence-electron chi connectivity index (χ1n) is 9.96. The van der Waals surface area contributed by atoms with Crippen molar-refractivity contribution < 1.29 is 17.9 Å². The average molecular weight is 490 g/mol. The molecule has 1 aliphatic heterocycles. The number of benzene rings is 1. The number of methoxy groups -OCH3 is 1. The Morgan fingerprint density at radius 2 is 2.09 bits per heavy atom. The number of alkyl halides is 3. The van der Waals surface area contributed by atoms with Gasteiger partial charge >= 0.3 is 6.18 Å². The molecule has 1 atom stereocenters. The quantitative estimate of drug-likeness (QED) is 0.422. The molecule has 2 aromatic heterocycles.